The van der Waals surface area contributed by atoms with Crippen LogP contribution in [-0.4, -0.2) is 34.2 Å². The van der Waals surface area contributed by atoms with Gasteiger partial charge in [0.05, 0.1) is 0 Å². The Labute approximate surface area is 140 Å². The van der Waals surface area contributed by atoms with E-state index in [9.17, 15) is 4.79 Å². The van der Waals surface area contributed by atoms with E-state index in [1.165, 1.54) is 5.56 Å². The van der Waals surface area contributed by atoms with Crippen LogP contribution in [0, 0.1) is 19.8 Å². The molecule has 4 heteroatoms. The normalized spacial score (nSPS) is 22.1. The number of rotatable bonds is 2. The van der Waals surface area contributed by atoms with Gasteiger partial charge in [-0.2, -0.15) is 0 Å². The maximum Gasteiger partial charge on any atom is 0.410 e. The number of amides is 1. The van der Waals surface area contributed by atoms with E-state index >= 15 is 0 Å². The van der Waals surface area contributed by atoms with E-state index < -0.39 is 5.60 Å². The van der Waals surface area contributed by atoms with Crippen LogP contribution in [0.2, 0.25) is 0 Å². The molecular formula is C19H30N2O2. The molecule has 0 aliphatic carbocycles. The number of piperidine rings is 1. The molecular weight excluding hydrogens is 288 g/mol. The molecule has 0 unspecified atom stereocenters. The largest absolute Gasteiger partial charge is 0.444 e. The zero-order chi connectivity index (χ0) is 17.2. The van der Waals surface area contributed by atoms with Crippen molar-refractivity contribution in [2.75, 3.05) is 6.54 Å². The van der Waals surface area contributed by atoms with Crippen molar-refractivity contribution in [2.24, 2.45) is 5.92 Å². The van der Waals surface area contributed by atoms with E-state index in [0.717, 1.165) is 37.2 Å². The second kappa shape index (κ2) is 6.90. The van der Waals surface area contributed by atoms with Gasteiger partial charge < -0.3 is 9.64 Å². The minimum absolute atomic E-state index is 0.184. The molecule has 1 aromatic rings. The third-order valence-corrected chi connectivity index (χ3v) is 4.41. The fourth-order valence-corrected chi connectivity index (χ4v) is 3.42. The summed E-state index contributed by atoms with van der Waals surface area (Å²) in [5, 5.41) is 0. The lowest BCUT2D eigenvalue weighted by Gasteiger charge is -2.40. The van der Waals surface area contributed by atoms with Crippen molar-refractivity contribution in [2.45, 2.75) is 72.4 Å². The summed E-state index contributed by atoms with van der Waals surface area (Å²) in [6.45, 7) is 12.8. The number of hydrogen-bond acceptors (Lipinski definition) is 3. The zero-order valence-electron chi connectivity index (χ0n) is 15.3. The predicted octanol–water partition coefficient (Wildman–Crippen LogP) is 4.28. The summed E-state index contributed by atoms with van der Waals surface area (Å²) < 4.78 is 5.56. The number of likely N-dealkylation sites (tertiary alicyclic amines) is 1. The van der Waals surface area contributed by atoms with Crippen LogP contribution >= 0.6 is 0 Å². The fourth-order valence-electron chi connectivity index (χ4n) is 3.42. The first kappa shape index (κ1) is 17.8. The number of aromatic nitrogens is 1. The number of nitrogens with zero attached hydrogens (tertiary/aromatic N) is 2. The van der Waals surface area contributed by atoms with Crippen molar-refractivity contribution in [1.82, 2.24) is 9.88 Å². The molecule has 2 rings (SSSR count). The Morgan fingerprint density at radius 1 is 1.30 bits per heavy atom. The third-order valence-electron chi connectivity index (χ3n) is 4.41. The van der Waals surface area contributed by atoms with Crippen LogP contribution in [0.1, 0.15) is 57.5 Å². The SMILES string of the molecule is Cc1cc(C[C@@H]2CCCN(C(=O)OC(C)(C)C)[C@@H]2C)cc(C)n1. The molecule has 2 heterocycles. The van der Waals surface area contributed by atoms with Gasteiger partial charge in [0.2, 0.25) is 0 Å². The van der Waals surface area contributed by atoms with Crippen molar-refractivity contribution < 1.29 is 9.53 Å². The zero-order valence-corrected chi connectivity index (χ0v) is 15.3. The highest BCUT2D eigenvalue weighted by Crippen LogP contribution is 2.28. The Bertz CT molecular complexity index is 543. The first-order chi connectivity index (χ1) is 10.7. The molecule has 4 nitrogen and oxygen atoms in total. The van der Waals surface area contributed by atoms with Crippen molar-refractivity contribution in [3.05, 3.63) is 29.1 Å². The van der Waals surface area contributed by atoms with E-state index in [1.54, 1.807) is 0 Å². The molecule has 0 spiro atoms. The van der Waals surface area contributed by atoms with Gasteiger partial charge in [0.25, 0.3) is 0 Å². The molecule has 23 heavy (non-hydrogen) atoms. The number of carbonyl (C=O) groups is 1. The van der Waals surface area contributed by atoms with Gasteiger partial charge in [-0.15, -0.1) is 0 Å². The number of ether oxygens (including phenoxy) is 1. The van der Waals surface area contributed by atoms with Gasteiger partial charge in [-0.3, -0.25) is 4.98 Å². The lowest BCUT2D eigenvalue weighted by Crippen LogP contribution is -2.49. The molecule has 1 aromatic heterocycles. The third kappa shape index (κ3) is 4.95. The lowest BCUT2D eigenvalue weighted by atomic mass is 9.85. The van der Waals surface area contributed by atoms with E-state index in [2.05, 4.69) is 24.0 Å². The molecule has 1 saturated heterocycles. The van der Waals surface area contributed by atoms with Crippen molar-refractivity contribution >= 4 is 6.09 Å². The van der Waals surface area contributed by atoms with Gasteiger partial charge in [0, 0.05) is 24.0 Å². The minimum Gasteiger partial charge on any atom is -0.444 e. The Morgan fingerprint density at radius 2 is 1.91 bits per heavy atom. The molecule has 1 amide bonds. The molecule has 0 saturated carbocycles. The van der Waals surface area contributed by atoms with Crippen LogP contribution < -0.4 is 0 Å². The van der Waals surface area contributed by atoms with Crippen molar-refractivity contribution in [3.8, 4) is 0 Å². The first-order valence-corrected chi connectivity index (χ1v) is 8.59. The van der Waals surface area contributed by atoms with E-state index in [-0.39, 0.29) is 12.1 Å². The number of aryl methyl sites for hydroxylation is 2. The molecule has 0 N–H and O–H groups in total. The van der Waals surface area contributed by atoms with Gasteiger partial charge in [0.15, 0.2) is 0 Å². The number of carbonyl (C=O) groups excluding carboxylic acids is 1. The molecule has 0 radical (unpaired) electrons. The summed E-state index contributed by atoms with van der Waals surface area (Å²) >= 11 is 0. The van der Waals surface area contributed by atoms with E-state index in [0.29, 0.717) is 5.92 Å². The van der Waals surface area contributed by atoms with Crippen molar-refractivity contribution in [1.29, 1.82) is 0 Å². The molecule has 0 bridgehead atoms. The highest BCUT2D eigenvalue weighted by atomic mass is 16.6. The number of hydrogen-bond donors (Lipinski definition) is 0. The maximum absolute atomic E-state index is 12.4. The maximum atomic E-state index is 12.4. The van der Waals surface area contributed by atoms with Gasteiger partial charge >= 0.3 is 6.09 Å². The number of pyridine rings is 1. The topological polar surface area (TPSA) is 42.4 Å². The Hall–Kier alpha value is -1.58. The molecule has 1 fully saturated rings. The fraction of sp³-hybridized carbons (Fsp3) is 0.684. The molecule has 1 aliphatic heterocycles. The summed E-state index contributed by atoms with van der Waals surface area (Å²) in [6.07, 6.45) is 3.00. The lowest BCUT2D eigenvalue weighted by molar-refractivity contribution is 0.00308. The molecule has 0 aromatic carbocycles. The summed E-state index contributed by atoms with van der Waals surface area (Å²) in [4.78, 5) is 18.8. The summed E-state index contributed by atoms with van der Waals surface area (Å²) in [5.41, 5.74) is 3.00. The average Bonchev–Trinajstić information content (AvgIpc) is 2.38. The van der Waals surface area contributed by atoms with Gasteiger partial charge in [0.1, 0.15) is 5.60 Å². The summed E-state index contributed by atoms with van der Waals surface area (Å²) in [5.74, 6) is 0.470. The van der Waals surface area contributed by atoms with Crippen LogP contribution in [-0.2, 0) is 11.2 Å². The smallest absolute Gasteiger partial charge is 0.410 e. The van der Waals surface area contributed by atoms with Crippen LogP contribution in [0.4, 0.5) is 4.79 Å². The standard InChI is InChI=1S/C19H30N2O2/c1-13-10-16(11-14(2)20-13)12-17-8-7-9-21(15(17)3)18(22)23-19(4,5)6/h10-11,15,17H,7-9,12H2,1-6H3/t15-,17+/m1/s1. The minimum atomic E-state index is -0.441. The second-order valence-electron chi connectivity index (χ2n) is 7.78. The highest BCUT2D eigenvalue weighted by Gasteiger charge is 2.33. The Kier molecular flexibility index (Phi) is 5.33. The molecule has 1 aliphatic rings. The van der Waals surface area contributed by atoms with Crippen LogP contribution in [0.15, 0.2) is 12.1 Å². The summed E-state index contributed by atoms with van der Waals surface area (Å²) in [7, 11) is 0. The monoisotopic (exact) mass is 318 g/mol. The van der Waals surface area contributed by atoms with Gasteiger partial charge in [-0.25, -0.2) is 4.79 Å². The average molecular weight is 318 g/mol. The van der Waals surface area contributed by atoms with E-state index in [1.807, 2.05) is 39.5 Å². The van der Waals surface area contributed by atoms with E-state index in [4.69, 9.17) is 4.74 Å². The molecule has 2 atom stereocenters. The Morgan fingerprint density at radius 3 is 2.48 bits per heavy atom. The predicted molar refractivity (Wildman–Crippen MR) is 92.5 cm³/mol. The molecule has 128 valence electrons. The van der Waals surface area contributed by atoms with Crippen LogP contribution in [0.3, 0.4) is 0 Å². The van der Waals surface area contributed by atoms with Crippen LogP contribution in [0.5, 0.6) is 0 Å². The van der Waals surface area contributed by atoms with Crippen LogP contribution in [0.25, 0.3) is 0 Å². The summed E-state index contributed by atoms with van der Waals surface area (Å²) in [6, 6.07) is 4.52. The quantitative estimate of drug-likeness (QED) is 0.817. The Balaban J connectivity index is 2.07. The van der Waals surface area contributed by atoms with Gasteiger partial charge in [-0.1, -0.05) is 0 Å². The first-order valence-electron chi connectivity index (χ1n) is 8.59. The van der Waals surface area contributed by atoms with Gasteiger partial charge in [-0.05, 0) is 84.4 Å². The van der Waals surface area contributed by atoms with Crippen molar-refractivity contribution in [3.63, 3.8) is 0 Å². The second-order valence-corrected chi connectivity index (χ2v) is 7.78. The highest BCUT2D eigenvalue weighted by molar-refractivity contribution is 5.68.